The Bertz CT molecular complexity index is 728. The lowest BCUT2D eigenvalue weighted by Gasteiger charge is -2.34. The Labute approximate surface area is 141 Å². The molecule has 0 radical (unpaired) electrons. The van der Waals surface area contributed by atoms with Crippen LogP contribution in [0.25, 0.3) is 0 Å². The topological polar surface area (TPSA) is 42.2 Å². The summed E-state index contributed by atoms with van der Waals surface area (Å²) in [5, 5.41) is 16.8. The standard InChI is InChI=1S/C18H20ClN3O/c19-15-5-6-16-14(12-15)4-3-13-2-1-9-22(23)17(13)18(16)21-10-7-20-8-11-21/h1-2,5-6,9,12,18,20H,3-4,7-8,10-11H2. The fraction of sp³-hybridized carbons (Fsp3) is 0.389. The van der Waals surface area contributed by atoms with Gasteiger partial charge in [0.25, 0.3) is 0 Å². The fourth-order valence-corrected chi connectivity index (χ4v) is 4.03. The molecule has 0 bridgehead atoms. The Morgan fingerprint density at radius 2 is 1.91 bits per heavy atom. The number of aryl methyl sites for hydroxylation is 2. The lowest BCUT2D eigenvalue weighted by atomic mass is 9.96. The average Bonchev–Trinajstić information content (AvgIpc) is 2.73. The Morgan fingerprint density at radius 3 is 2.74 bits per heavy atom. The first kappa shape index (κ1) is 14.9. The van der Waals surface area contributed by atoms with Gasteiger partial charge in [0.15, 0.2) is 6.20 Å². The van der Waals surface area contributed by atoms with Crippen LogP contribution in [-0.2, 0) is 12.8 Å². The molecular weight excluding hydrogens is 310 g/mol. The van der Waals surface area contributed by atoms with Crippen molar-refractivity contribution in [2.45, 2.75) is 18.9 Å². The minimum atomic E-state index is 0.0144. The molecule has 1 N–H and O–H groups in total. The van der Waals surface area contributed by atoms with Gasteiger partial charge in [-0.05, 0) is 42.2 Å². The number of rotatable bonds is 1. The number of nitrogens with one attached hydrogen (secondary N) is 1. The van der Waals surface area contributed by atoms with Crippen LogP contribution in [0.1, 0.15) is 28.4 Å². The molecule has 1 fully saturated rings. The summed E-state index contributed by atoms with van der Waals surface area (Å²) < 4.78 is 1.06. The number of fused-ring (bicyclic) bond motifs is 2. The molecule has 1 aliphatic carbocycles. The Kier molecular flexibility index (Phi) is 3.97. The number of aromatic nitrogens is 1. The third kappa shape index (κ3) is 2.71. The second-order valence-corrected chi connectivity index (χ2v) is 6.71. The minimum Gasteiger partial charge on any atom is -0.618 e. The number of pyridine rings is 1. The van der Waals surface area contributed by atoms with Gasteiger partial charge in [0.2, 0.25) is 5.69 Å². The maximum Gasteiger partial charge on any atom is 0.217 e. The van der Waals surface area contributed by atoms with Crippen LogP contribution in [0.4, 0.5) is 0 Å². The van der Waals surface area contributed by atoms with Gasteiger partial charge in [0.05, 0.1) is 0 Å². The van der Waals surface area contributed by atoms with Crippen LogP contribution in [0.3, 0.4) is 0 Å². The van der Waals surface area contributed by atoms with Crippen molar-refractivity contribution >= 4 is 11.6 Å². The number of benzene rings is 1. The van der Waals surface area contributed by atoms with Crippen molar-refractivity contribution in [1.82, 2.24) is 10.2 Å². The van der Waals surface area contributed by atoms with E-state index in [9.17, 15) is 5.21 Å². The van der Waals surface area contributed by atoms with Crippen molar-refractivity contribution in [3.63, 3.8) is 0 Å². The van der Waals surface area contributed by atoms with Crippen LogP contribution in [0.5, 0.6) is 0 Å². The van der Waals surface area contributed by atoms with Crippen molar-refractivity contribution in [2.24, 2.45) is 0 Å². The number of hydrogen-bond donors (Lipinski definition) is 1. The summed E-state index contributed by atoms with van der Waals surface area (Å²) in [5.41, 5.74) is 4.52. The highest BCUT2D eigenvalue weighted by Gasteiger charge is 2.35. The first-order chi connectivity index (χ1) is 11.2. The zero-order valence-electron chi connectivity index (χ0n) is 13.0. The van der Waals surface area contributed by atoms with Crippen LogP contribution in [0.15, 0.2) is 36.5 Å². The van der Waals surface area contributed by atoms with Crippen molar-refractivity contribution in [1.29, 1.82) is 0 Å². The van der Waals surface area contributed by atoms with E-state index in [1.54, 1.807) is 6.20 Å². The molecule has 1 saturated heterocycles. The molecule has 0 amide bonds. The minimum absolute atomic E-state index is 0.0144. The average molecular weight is 330 g/mol. The van der Waals surface area contributed by atoms with Gasteiger partial charge in [0.1, 0.15) is 6.04 Å². The van der Waals surface area contributed by atoms with E-state index >= 15 is 0 Å². The number of halogens is 1. The largest absolute Gasteiger partial charge is 0.618 e. The fourth-order valence-electron chi connectivity index (χ4n) is 3.84. The van der Waals surface area contributed by atoms with Gasteiger partial charge in [-0.1, -0.05) is 17.7 Å². The molecule has 2 aromatic rings. The predicted molar refractivity (Wildman–Crippen MR) is 90.5 cm³/mol. The van der Waals surface area contributed by atoms with Crippen LogP contribution in [0, 0.1) is 5.21 Å². The van der Waals surface area contributed by atoms with Crippen molar-refractivity contribution in [3.05, 3.63) is 69.1 Å². The van der Waals surface area contributed by atoms with E-state index in [1.807, 2.05) is 12.1 Å². The molecule has 1 aliphatic heterocycles. The van der Waals surface area contributed by atoms with Gasteiger partial charge < -0.3 is 10.5 Å². The van der Waals surface area contributed by atoms with Gasteiger partial charge in [-0.15, -0.1) is 0 Å². The van der Waals surface area contributed by atoms with Gasteiger partial charge in [0, 0.05) is 42.8 Å². The summed E-state index contributed by atoms with van der Waals surface area (Å²) in [6, 6.07) is 10.1. The molecule has 4 rings (SSSR count). The molecular formula is C18H20ClN3O. The smallest absolute Gasteiger partial charge is 0.217 e. The molecule has 1 atom stereocenters. The Hall–Kier alpha value is -1.62. The summed E-state index contributed by atoms with van der Waals surface area (Å²) in [5.74, 6) is 0. The van der Waals surface area contributed by atoms with Crippen molar-refractivity contribution < 1.29 is 4.73 Å². The highest BCUT2D eigenvalue weighted by Crippen LogP contribution is 2.36. The Morgan fingerprint density at radius 1 is 1.13 bits per heavy atom. The quantitative estimate of drug-likeness (QED) is 0.643. The molecule has 1 aromatic carbocycles. The third-order valence-corrected chi connectivity index (χ3v) is 5.16. The summed E-state index contributed by atoms with van der Waals surface area (Å²) in [7, 11) is 0. The Balaban J connectivity index is 1.90. The van der Waals surface area contributed by atoms with E-state index in [0.717, 1.165) is 60.0 Å². The zero-order chi connectivity index (χ0) is 15.8. The number of nitrogens with zero attached hydrogens (tertiary/aromatic N) is 2. The van der Waals surface area contributed by atoms with E-state index in [-0.39, 0.29) is 6.04 Å². The highest BCUT2D eigenvalue weighted by molar-refractivity contribution is 6.30. The molecule has 4 nitrogen and oxygen atoms in total. The molecule has 0 saturated carbocycles. The molecule has 5 heteroatoms. The van der Waals surface area contributed by atoms with Gasteiger partial charge in [-0.2, -0.15) is 4.73 Å². The maximum absolute atomic E-state index is 12.6. The van der Waals surface area contributed by atoms with E-state index in [2.05, 4.69) is 28.4 Å². The molecule has 0 spiro atoms. The monoisotopic (exact) mass is 329 g/mol. The number of hydrogen-bond acceptors (Lipinski definition) is 3. The van der Waals surface area contributed by atoms with Gasteiger partial charge >= 0.3 is 0 Å². The first-order valence-corrected chi connectivity index (χ1v) is 8.56. The summed E-state index contributed by atoms with van der Waals surface area (Å²) in [6.07, 6.45) is 3.43. The molecule has 1 unspecified atom stereocenters. The maximum atomic E-state index is 12.6. The normalized spacial score (nSPS) is 21.3. The lowest BCUT2D eigenvalue weighted by molar-refractivity contribution is -0.617. The van der Waals surface area contributed by atoms with Crippen LogP contribution < -0.4 is 10.0 Å². The SMILES string of the molecule is [O-][n+]1cccc2c1C(N1CCNCC1)c1ccc(Cl)cc1CC2. The third-order valence-electron chi connectivity index (χ3n) is 4.92. The van der Waals surface area contributed by atoms with Crippen LogP contribution in [-0.4, -0.2) is 31.1 Å². The van der Waals surface area contributed by atoms with Crippen LogP contribution >= 0.6 is 11.6 Å². The summed E-state index contributed by atoms with van der Waals surface area (Å²) >= 11 is 6.22. The molecule has 23 heavy (non-hydrogen) atoms. The van der Waals surface area contributed by atoms with E-state index < -0.39 is 0 Å². The van der Waals surface area contributed by atoms with E-state index in [0.29, 0.717) is 0 Å². The second kappa shape index (κ2) is 6.11. The molecule has 1 aromatic heterocycles. The van der Waals surface area contributed by atoms with Gasteiger partial charge in [-0.3, -0.25) is 4.90 Å². The van der Waals surface area contributed by atoms with Crippen LogP contribution in [0.2, 0.25) is 5.02 Å². The van der Waals surface area contributed by atoms with Crippen molar-refractivity contribution in [2.75, 3.05) is 26.2 Å². The van der Waals surface area contributed by atoms with E-state index in [4.69, 9.17) is 11.6 Å². The highest BCUT2D eigenvalue weighted by atomic mass is 35.5. The summed E-state index contributed by atoms with van der Waals surface area (Å²) in [6.45, 7) is 3.81. The molecule has 120 valence electrons. The second-order valence-electron chi connectivity index (χ2n) is 6.28. The van der Waals surface area contributed by atoms with E-state index in [1.165, 1.54) is 11.1 Å². The molecule has 2 aliphatic rings. The van der Waals surface area contributed by atoms with Gasteiger partial charge in [-0.25, -0.2) is 0 Å². The predicted octanol–water partition coefficient (Wildman–Crippen LogP) is 2.07. The molecule has 2 heterocycles. The lowest BCUT2D eigenvalue weighted by Crippen LogP contribution is -2.48. The first-order valence-electron chi connectivity index (χ1n) is 8.18. The number of piperazine rings is 1. The zero-order valence-corrected chi connectivity index (χ0v) is 13.7. The van der Waals surface area contributed by atoms with Crippen molar-refractivity contribution in [3.8, 4) is 0 Å². The summed E-state index contributed by atoms with van der Waals surface area (Å²) in [4.78, 5) is 2.42.